The van der Waals surface area contributed by atoms with Crippen LogP contribution >= 0.6 is 23.2 Å². The Hall–Kier alpha value is -2.29. The maximum Gasteiger partial charge on any atom is 0.255 e. The van der Waals surface area contributed by atoms with E-state index in [2.05, 4.69) is 4.90 Å². The molecule has 2 fully saturated rings. The summed E-state index contributed by atoms with van der Waals surface area (Å²) < 4.78 is 25.2. The van der Waals surface area contributed by atoms with E-state index in [9.17, 15) is 18.0 Å². The van der Waals surface area contributed by atoms with Crippen molar-refractivity contribution in [3.05, 3.63) is 58.1 Å². The smallest absolute Gasteiger partial charge is 0.255 e. The maximum atomic E-state index is 13.1. The van der Waals surface area contributed by atoms with Crippen LogP contribution in [0.15, 0.2) is 42.5 Å². The largest absolute Gasteiger partial charge is 0.368 e. The van der Waals surface area contributed by atoms with Crippen molar-refractivity contribution in [2.24, 2.45) is 0 Å². The highest BCUT2D eigenvalue weighted by Crippen LogP contribution is 2.30. The van der Waals surface area contributed by atoms with Crippen LogP contribution in [0.25, 0.3) is 0 Å². The van der Waals surface area contributed by atoms with Gasteiger partial charge in [0.2, 0.25) is 15.9 Å². The SMILES string of the molecule is O=C(c1cc(N2C(=O)CCS2(=O)=O)ccc1Cl)N1CCN(c2cccc(Cl)c2)CC1. The van der Waals surface area contributed by atoms with Gasteiger partial charge in [-0.3, -0.25) is 9.59 Å². The minimum Gasteiger partial charge on any atom is -0.368 e. The van der Waals surface area contributed by atoms with Gasteiger partial charge in [0.05, 0.1) is 22.0 Å². The fraction of sp³-hybridized carbons (Fsp3) is 0.300. The molecular formula is C20H19Cl2N3O4S. The van der Waals surface area contributed by atoms with E-state index < -0.39 is 15.9 Å². The zero-order valence-electron chi connectivity index (χ0n) is 15.9. The van der Waals surface area contributed by atoms with E-state index in [-0.39, 0.29) is 34.4 Å². The van der Waals surface area contributed by atoms with Crippen molar-refractivity contribution in [3.8, 4) is 0 Å². The molecule has 0 aliphatic carbocycles. The summed E-state index contributed by atoms with van der Waals surface area (Å²) in [5.41, 5.74) is 1.32. The Morgan fingerprint density at radius 2 is 1.67 bits per heavy atom. The number of halogens is 2. The topological polar surface area (TPSA) is 78.0 Å². The van der Waals surface area contributed by atoms with Crippen LogP contribution in [0.2, 0.25) is 10.0 Å². The Morgan fingerprint density at radius 1 is 0.933 bits per heavy atom. The Kier molecular flexibility index (Phi) is 5.65. The Bertz CT molecular complexity index is 1110. The van der Waals surface area contributed by atoms with Crippen molar-refractivity contribution in [2.45, 2.75) is 6.42 Å². The summed E-state index contributed by atoms with van der Waals surface area (Å²) in [7, 11) is -3.71. The fourth-order valence-corrected chi connectivity index (χ4v) is 5.52. The lowest BCUT2D eigenvalue weighted by atomic mass is 10.1. The van der Waals surface area contributed by atoms with Crippen molar-refractivity contribution >= 4 is 56.4 Å². The van der Waals surface area contributed by atoms with Crippen molar-refractivity contribution in [2.75, 3.05) is 41.1 Å². The molecule has 2 amide bonds. The van der Waals surface area contributed by atoms with Gasteiger partial charge in [-0.2, -0.15) is 0 Å². The average molecular weight is 468 g/mol. The molecule has 0 bridgehead atoms. The number of hydrogen-bond donors (Lipinski definition) is 0. The lowest BCUT2D eigenvalue weighted by Gasteiger charge is -2.36. The lowest BCUT2D eigenvalue weighted by Crippen LogP contribution is -2.48. The molecule has 0 saturated carbocycles. The van der Waals surface area contributed by atoms with Gasteiger partial charge >= 0.3 is 0 Å². The van der Waals surface area contributed by atoms with E-state index in [1.54, 1.807) is 4.90 Å². The van der Waals surface area contributed by atoms with Crippen LogP contribution in [0.1, 0.15) is 16.8 Å². The van der Waals surface area contributed by atoms with Crippen LogP contribution in [0.5, 0.6) is 0 Å². The molecule has 0 aromatic heterocycles. The average Bonchev–Trinajstić information content (AvgIpc) is 3.00. The molecule has 2 aliphatic heterocycles. The van der Waals surface area contributed by atoms with Crippen LogP contribution in [-0.2, 0) is 14.8 Å². The second-order valence-electron chi connectivity index (χ2n) is 7.15. The van der Waals surface area contributed by atoms with E-state index in [1.165, 1.54) is 18.2 Å². The first-order valence-electron chi connectivity index (χ1n) is 9.41. The molecule has 2 aromatic rings. The van der Waals surface area contributed by atoms with Gasteiger partial charge in [-0.05, 0) is 36.4 Å². The first-order valence-corrected chi connectivity index (χ1v) is 11.8. The number of piperazine rings is 1. The predicted molar refractivity (Wildman–Crippen MR) is 117 cm³/mol. The van der Waals surface area contributed by atoms with Gasteiger partial charge in [0.15, 0.2) is 0 Å². The quantitative estimate of drug-likeness (QED) is 0.692. The standard InChI is InChI=1S/C20H19Cl2N3O4S/c21-14-2-1-3-15(12-14)23-7-9-24(10-8-23)20(27)17-13-16(4-5-18(17)22)25-19(26)6-11-30(25,28)29/h1-5,12-13H,6-11H2. The number of benzene rings is 2. The van der Waals surface area contributed by atoms with E-state index in [0.29, 0.717) is 31.2 Å². The second kappa shape index (κ2) is 8.09. The third-order valence-corrected chi connectivity index (χ3v) is 7.49. The van der Waals surface area contributed by atoms with Crippen LogP contribution in [0.3, 0.4) is 0 Å². The van der Waals surface area contributed by atoms with Gasteiger partial charge < -0.3 is 9.80 Å². The highest BCUT2D eigenvalue weighted by molar-refractivity contribution is 7.94. The van der Waals surface area contributed by atoms with Gasteiger partial charge in [0.25, 0.3) is 5.91 Å². The molecule has 158 valence electrons. The zero-order chi connectivity index (χ0) is 21.5. The second-order valence-corrected chi connectivity index (χ2v) is 9.93. The summed E-state index contributed by atoms with van der Waals surface area (Å²) in [6.45, 7) is 2.21. The van der Waals surface area contributed by atoms with E-state index in [4.69, 9.17) is 23.2 Å². The third kappa shape index (κ3) is 3.99. The van der Waals surface area contributed by atoms with Gasteiger partial charge in [-0.15, -0.1) is 0 Å². The van der Waals surface area contributed by atoms with Gasteiger partial charge in [0.1, 0.15) is 0 Å². The van der Waals surface area contributed by atoms with Gasteiger partial charge in [-0.25, -0.2) is 12.7 Å². The van der Waals surface area contributed by atoms with Crippen LogP contribution in [0.4, 0.5) is 11.4 Å². The number of sulfonamides is 1. The number of carbonyl (C=O) groups excluding carboxylic acids is 2. The van der Waals surface area contributed by atoms with Gasteiger partial charge in [0, 0.05) is 43.3 Å². The first-order chi connectivity index (χ1) is 14.3. The molecule has 0 spiro atoms. The molecule has 2 aliphatic rings. The molecule has 10 heteroatoms. The molecule has 0 N–H and O–H groups in total. The summed E-state index contributed by atoms with van der Waals surface area (Å²) >= 11 is 12.3. The minimum absolute atomic E-state index is 0.0697. The Balaban J connectivity index is 1.52. The van der Waals surface area contributed by atoms with Crippen molar-refractivity contribution in [1.29, 1.82) is 0 Å². The number of hydrogen-bond acceptors (Lipinski definition) is 5. The molecule has 2 saturated heterocycles. The monoisotopic (exact) mass is 467 g/mol. The zero-order valence-corrected chi connectivity index (χ0v) is 18.3. The molecule has 0 atom stereocenters. The molecule has 2 aromatic carbocycles. The lowest BCUT2D eigenvalue weighted by molar-refractivity contribution is -0.116. The van der Waals surface area contributed by atoms with Crippen molar-refractivity contribution in [1.82, 2.24) is 4.90 Å². The van der Waals surface area contributed by atoms with Crippen LogP contribution in [0, 0.1) is 0 Å². The summed E-state index contributed by atoms with van der Waals surface area (Å²) in [6.07, 6.45) is -0.0697. The minimum atomic E-state index is -3.71. The van der Waals surface area contributed by atoms with Crippen molar-refractivity contribution < 1.29 is 18.0 Å². The van der Waals surface area contributed by atoms with E-state index in [1.807, 2.05) is 24.3 Å². The van der Waals surface area contributed by atoms with Crippen LogP contribution < -0.4 is 9.21 Å². The summed E-state index contributed by atoms with van der Waals surface area (Å²) in [5, 5.41) is 0.867. The normalized spacial score (nSPS) is 18.7. The number of nitrogens with zero attached hydrogens (tertiary/aromatic N) is 3. The Morgan fingerprint density at radius 3 is 2.30 bits per heavy atom. The molecule has 0 unspecified atom stereocenters. The highest BCUT2D eigenvalue weighted by atomic mass is 35.5. The molecule has 0 radical (unpaired) electrons. The van der Waals surface area contributed by atoms with Crippen LogP contribution in [-0.4, -0.2) is 57.1 Å². The molecule has 7 nitrogen and oxygen atoms in total. The van der Waals surface area contributed by atoms with Gasteiger partial charge in [-0.1, -0.05) is 29.3 Å². The number of rotatable bonds is 3. The first kappa shape index (κ1) is 21.0. The number of carbonyl (C=O) groups is 2. The van der Waals surface area contributed by atoms with E-state index in [0.717, 1.165) is 9.99 Å². The third-order valence-electron chi connectivity index (χ3n) is 5.23. The molecule has 30 heavy (non-hydrogen) atoms. The Labute approximate surface area is 184 Å². The molecule has 2 heterocycles. The molecule has 4 rings (SSSR count). The molecular weight excluding hydrogens is 449 g/mol. The number of anilines is 2. The highest BCUT2D eigenvalue weighted by Gasteiger charge is 2.37. The predicted octanol–water partition coefficient (Wildman–Crippen LogP) is 3.02. The summed E-state index contributed by atoms with van der Waals surface area (Å²) in [4.78, 5) is 28.9. The van der Waals surface area contributed by atoms with Crippen molar-refractivity contribution in [3.63, 3.8) is 0 Å². The maximum absolute atomic E-state index is 13.1. The summed E-state index contributed by atoms with van der Waals surface area (Å²) in [5.74, 6) is -1.04. The summed E-state index contributed by atoms with van der Waals surface area (Å²) in [6, 6.07) is 11.8. The number of amides is 2. The fourth-order valence-electron chi connectivity index (χ4n) is 3.68. The van der Waals surface area contributed by atoms with E-state index >= 15 is 0 Å².